The van der Waals surface area contributed by atoms with Crippen LogP contribution >= 0.6 is 0 Å². The Kier molecular flexibility index (Phi) is 4.22. The number of hydrogen-bond donors (Lipinski definition) is 2. The van der Waals surface area contributed by atoms with E-state index in [4.69, 9.17) is 0 Å². The molecule has 5 nitrogen and oxygen atoms in total. The molecule has 2 saturated heterocycles. The molecule has 18 heavy (non-hydrogen) atoms. The maximum absolute atomic E-state index is 12.3. The van der Waals surface area contributed by atoms with Crippen LogP contribution in [0.3, 0.4) is 0 Å². The van der Waals surface area contributed by atoms with Gasteiger partial charge in [0.05, 0.1) is 5.92 Å². The Balaban J connectivity index is 1.86. The maximum atomic E-state index is 12.3. The molecule has 0 aliphatic carbocycles. The average Bonchev–Trinajstić information content (AvgIpc) is 2.83. The first-order chi connectivity index (χ1) is 8.63. The molecule has 2 heterocycles. The SMILES string of the molecule is CNC(=O)C1CCN(C(=O)[C@@H]2CNC[C@H]2C)CC1. The number of nitrogens with one attached hydrogen (secondary N) is 2. The van der Waals surface area contributed by atoms with E-state index in [1.54, 1.807) is 7.05 Å². The summed E-state index contributed by atoms with van der Waals surface area (Å²) in [4.78, 5) is 25.8. The molecule has 2 rings (SSSR count). The zero-order valence-corrected chi connectivity index (χ0v) is 11.2. The van der Waals surface area contributed by atoms with Crippen LogP contribution in [-0.2, 0) is 9.59 Å². The highest BCUT2D eigenvalue weighted by atomic mass is 16.2. The van der Waals surface area contributed by atoms with Crippen molar-refractivity contribution in [1.82, 2.24) is 15.5 Å². The molecule has 2 fully saturated rings. The van der Waals surface area contributed by atoms with Crippen molar-refractivity contribution in [3.63, 3.8) is 0 Å². The number of likely N-dealkylation sites (tertiary alicyclic amines) is 1. The second kappa shape index (κ2) is 5.69. The van der Waals surface area contributed by atoms with Crippen LogP contribution in [0.25, 0.3) is 0 Å². The summed E-state index contributed by atoms with van der Waals surface area (Å²) >= 11 is 0. The summed E-state index contributed by atoms with van der Waals surface area (Å²) in [5.41, 5.74) is 0. The minimum atomic E-state index is 0.0816. The summed E-state index contributed by atoms with van der Waals surface area (Å²) in [5, 5.41) is 5.96. The number of carbonyl (C=O) groups is 2. The third-order valence-corrected chi connectivity index (χ3v) is 4.26. The van der Waals surface area contributed by atoms with Gasteiger partial charge in [-0.1, -0.05) is 6.92 Å². The molecule has 2 aliphatic heterocycles. The van der Waals surface area contributed by atoms with E-state index < -0.39 is 0 Å². The highest BCUT2D eigenvalue weighted by Crippen LogP contribution is 2.23. The fraction of sp³-hybridized carbons (Fsp3) is 0.846. The quantitative estimate of drug-likeness (QED) is 0.718. The van der Waals surface area contributed by atoms with Crippen LogP contribution in [0.1, 0.15) is 19.8 Å². The first kappa shape index (κ1) is 13.3. The minimum absolute atomic E-state index is 0.0816. The molecule has 0 aromatic rings. The number of piperidine rings is 1. The van der Waals surface area contributed by atoms with E-state index in [2.05, 4.69) is 17.6 Å². The second-order valence-corrected chi connectivity index (χ2v) is 5.46. The number of nitrogens with zero attached hydrogens (tertiary/aromatic N) is 1. The van der Waals surface area contributed by atoms with Gasteiger partial charge in [0.15, 0.2) is 0 Å². The Morgan fingerprint density at radius 1 is 1.22 bits per heavy atom. The van der Waals surface area contributed by atoms with E-state index in [-0.39, 0.29) is 23.7 Å². The van der Waals surface area contributed by atoms with E-state index in [1.165, 1.54) is 0 Å². The molecule has 0 bridgehead atoms. The molecule has 0 radical (unpaired) electrons. The van der Waals surface area contributed by atoms with Gasteiger partial charge in [-0.15, -0.1) is 0 Å². The van der Waals surface area contributed by atoms with Crippen molar-refractivity contribution in [2.75, 3.05) is 33.2 Å². The maximum Gasteiger partial charge on any atom is 0.227 e. The lowest BCUT2D eigenvalue weighted by molar-refractivity contribution is -0.139. The molecule has 2 aliphatic rings. The van der Waals surface area contributed by atoms with E-state index in [9.17, 15) is 9.59 Å². The average molecular weight is 253 g/mol. The van der Waals surface area contributed by atoms with Crippen molar-refractivity contribution in [3.05, 3.63) is 0 Å². The standard InChI is InChI=1S/C13H23N3O2/c1-9-7-15-8-11(9)13(18)16-5-3-10(4-6-16)12(17)14-2/h9-11,15H,3-8H2,1-2H3,(H,14,17)/t9-,11-/m1/s1. The number of hydrogen-bond acceptors (Lipinski definition) is 3. The lowest BCUT2D eigenvalue weighted by Gasteiger charge is -2.33. The Morgan fingerprint density at radius 2 is 1.89 bits per heavy atom. The van der Waals surface area contributed by atoms with Crippen LogP contribution in [0.15, 0.2) is 0 Å². The van der Waals surface area contributed by atoms with Gasteiger partial charge >= 0.3 is 0 Å². The van der Waals surface area contributed by atoms with Crippen molar-refractivity contribution in [1.29, 1.82) is 0 Å². The predicted octanol–water partition coefficient (Wildman–Crippen LogP) is -0.173. The molecule has 2 atom stereocenters. The molecule has 0 aromatic heterocycles. The highest BCUT2D eigenvalue weighted by Gasteiger charge is 2.35. The van der Waals surface area contributed by atoms with Crippen molar-refractivity contribution in [2.24, 2.45) is 17.8 Å². The monoisotopic (exact) mass is 253 g/mol. The van der Waals surface area contributed by atoms with E-state index >= 15 is 0 Å². The van der Waals surface area contributed by atoms with Gasteiger partial charge in [-0.25, -0.2) is 0 Å². The van der Waals surface area contributed by atoms with Crippen molar-refractivity contribution >= 4 is 11.8 Å². The van der Waals surface area contributed by atoms with Gasteiger partial charge in [-0.3, -0.25) is 9.59 Å². The first-order valence-electron chi connectivity index (χ1n) is 6.84. The van der Waals surface area contributed by atoms with Crippen LogP contribution < -0.4 is 10.6 Å². The van der Waals surface area contributed by atoms with Crippen molar-refractivity contribution in [3.8, 4) is 0 Å². The summed E-state index contributed by atoms with van der Waals surface area (Å²) in [6.45, 7) is 5.31. The van der Waals surface area contributed by atoms with Crippen LogP contribution in [-0.4, -0.2) is 49.9 Å². The molecule has 2 N–H and O–H groups in total. The minimum Gasteiger partial charge on any atom is -0.359 e. The van der Waals surface area contributed by atoms with Gasteiger partial charge in [0, 0.05) is 32.6 Å². The lowest BCUT2D eigenvalue weighted by atomic mass is 9.92. The summed E-state index contributed by atoms with van der Waals surface area (Å²) in [5.74, 6) is 1.01. The number of rotatable bonds is 2. The largest absolute Gasteiger partial charge is 0.359 e. The Morgan fingerprint density at radius 3 is 2.39 bits per heavy atom. The van der Waals surface area contributed by atoms with Crippen LogP contribution in [0.2, 0.25) is 0 Å². The lowest BCUT2D eigenvalue weighted by Crippen LogP contribution is -2.45. The van der Waals surface area contributed by atoms with Crippen LogP contribution in [0.4, 0.5) is 0 Å². The third kappa shape index (κ3) is 2.66. The number of amides is 2. The zero-order valence-electron chi connectivity index (χ0n) is 11.2. The summed E-state index contributed by atoms with van der Waals surface area (Å²) < 4.78 is 0. The first-order valence-corrected chi connectivity index (χ1v) is 6.84. The van der Waals surface area contributed by atoms with Crippen molar-refractivity contribution < 1.29 is 9.59 Å². The molecule has 5 heteroatoms. The topological polar surface area (TPSA) is 61.4 Å². The normalized spacial score (nSPS) is 29.3. The molecule has 0 unspecified atom stereocenters. The Labute approximate surface area is 108 Å². The molecule has 0 saturated carbocycles. The van der Waals surface area contributed by atoms with E-state index in [1.807, 2.05) is 4.90 Å². The summed E-state index contributed by atoms with van der Waals surface area (Å²) in [6.07, 6.45) is 1.58. The van der Waals surface area contributed by atoms with Gasteiger partial charge in [0.2, 0.25) is 11.8 Å². The van der Waals surface area contributed by atoms with Crippen LogP contribution in [0.5, 0.6) is 0 Å². The number of carbonyl (C=O) groups excluding carboxylic acids is 2. The van der Waals surface area contributed by atoms with Gasteiger partial charge in [0.1, 0.15) is 0 Å². The molecule has 102 valence electrons. The summed E-state index contributed by atoms with van der Waals surface area (Å²) in [7, 11) is 1.67. The van der Waals surface area contributed by atoms with Gasteiger partial charge in [-0.2, -0.15) is 0 Å². The molecular weight excluding hydrogens is 230 g/mol. The predicted molar refractivity (Wildman–Crippen MR) is 68.9 cm³/mol. The Bertz CT molecular complexity index is 324. The van der Waals surface area contributed by atoms with Gasteiger partial charge < -0.3 is 15.5 Å². The van der Waals surface area contributed by atoms with Gasteiger partial charge in [-0.05, 0) is 25.3 Å². The van der Waals surface area contributed by atoms with E-state index in [0.717, 1.165) is 39.0 Å². The second-order valence-electron chi connectivity index (χ2n) is 5.46. The van der Waals surface area contributed by atoms with Crippen LogP contribution in [0, 0.1) is 17.8 Å². The Hall–Kier alpha value is -1.10. The third-order valence-electron chi connectivity index (χ3n) is 4.26. The smallest absolute Gasteiger partial charge is 0.227 e. The molecule has 2 amide bonds. The summed E-state index contributed by atoms with van der Waals surface area (Å²) in [6, 6.07) is 0. The molecular formula is C13H23N3O2. The van der Waals surface area contributed by atoms with E-state index in [0.29, 0.717) is 5.92 Å². The zero-order chi connectivity index (χ0) is 13.1. The fourth-order valence-corrected chi connectivity index (χ4v) is 2.94. The molecule has 0 spiro atoms. The van der Waals surface area contributed by atoms with Crippen molar-refractivity contribution in [2.45, 2.75) is 19.8 Å². The van der Waals surface area contributed by atoms with Gasteiger partial charge in [0.25, 0.3) is 0 Å². The highest BCUT2D eigenvalue weighted by molar-refractivity contribution is 5.81. The molecule has 0 aromatic carbocycles. The fourth-order valence-electron chi connectivity index (χ4n) is 2.94.